The van der Waals surface area contributed by atoms with Gasteiger partial charge < -0.3 is 10.1 Å². The maximum absolute atomic E-state index is 5.77. The van der Waals surface area contributed by atoms with Gasteiger partial charge in [-0.15, -0.1) is 0 Å². The van der Waals surface area contributed by atoms with Gasteiger partial charge in [-0.25, -0.2) is 4.98 Å². The second kappa shape index (κ2) is 4.84. The second-order valence-electron chi connectivity index (χ2n) is 3.94. The summed E-state index contributed by atoms with van der Waals surface area (Å²) in [7, 11) is 0. The summed E-state index contributed by atoms with van der Waals surface area (Å²) in [6.45, 7) is 1.36. The lowest BCUT2D eigenvalue weighted by Crippen LogP contribution is -1.97. The zero-order chi connectivity index (χ0) is 12.5. The number of halogens is 2. The van der Waals surface area contributed by atoms with Crippen molar-refractivity contribution in [2.75, 3.05) is 5.32 Å². The van der Waals surface area contributed by atoms with Crippen LogP contribution in [-0.2, 0) is 18.0 Å². The number of rotatable bonds is 2. The number of benzene rings is 1. The van der Waals surface area contributed by atoms with E-state index in [1.54, 1.807) is 6.20 Å². The smallest absolute Gasteiger partial charge is 0.224 e. The molecule has 1 aromatic heterocycles. The number of fused-ring (bicyclic) bond motifs is 1. The predicted molar refractivity (Wildman–Crippen MR) is 73.0 cm³/mol. The van der Waals surface area contributed by atoms with Crippen LogP contribution < -0.4 is 5.32 Å². The van der Waals surface area contributed by atoms with Crippen LogP contribution in [0.2, 0.25) is 5.28 Å². The first-order valence-corrected chi connectivity index (χ1v) is 6.54. The number of ether oxygens (including phenoxy) is 1. The summed E-state index contributed by atoms with van der Waals surface area (Å²) < 4.78 is 6.15. The molecule has 0 atom stereocenters. The molecule has 0 spiro atoms. The van der Waals surface area contributed by atoms with Gasteiger partial charge in [0.2, 0.25) is 5.28 Å². The van der Waals surface area contributed by atoms with Crippen molar-refractivity contribution in [2.45, 2.75) is 13.2 Å². The van der Waals surface area contributed by atoms with Gasteiger partial charge in [-0.3, -0.25) is 0 Å². The van der Waals surface area contributed by atoms with Gasteiger partial charge in [0.25, 0.3) is 0 Å². The summed E-state index contributed by atoms with van der Waals surface area (Å²) in [5.74, 6) is 0.647. The van der Waals surface area contributed by atoms with E-state index in [2.05, 4.69) is 43.3 Å². The van der Waals surface area contributed by atoms with E-state index in [-0.39, 0.29) is 5.28 Å². The number of aromatic nitrogens is 2. The number of anilines is 2. The van der Waals surface area contributed by atoms with E-state index >= 15 is 0 Å². The Hall–Kier alpha value is -1.17. The highest BCUT2D eigenvalue weighted by Crippen LogP contribution is 2.27. The minimum absolute atomic E-state index is 0.213. The number of hydrogen-bond donors (Lipinski definition) is 1. The van der Waals surface area contributed by atoms with Crippen LogP contribution in [0.5, 0.6) is 0 Å². The Morgan fingerprint density at radius 3 is 3.00 bits per heavy atom. The first kappa shape index (κ1) is 11.9. The molecular weight excluding hydrogens is 318 g/mol. The number of hydrogen-bond acceptors (Lipinski definition) is 4. The Bertz CT molecular complexity index is 606. The monoisotopic (exact) mass is 325 g/mol. The van der Waals surface area contributed by atoms with E-state index in [1.807, 2.05) is 6.07 Å². The lowest BCUT2D eigenvalue weighted by molar-refractivity contribution is 0.134. The maximum Gasteiger partial charge on any atom is 0.224 e. The molecular formula is C12H9BrClN3O. The average molecular weight is 327 g/mol. The van der Waals surface area contributed by atoms with Gasteiger partial charge in [0, 0.05) is 11.9 Å². The Labute approximate surface area is 117 Å². The Balaban J connectivity index is 1.90. The first-order valence-electron chi connectivity index (χ1n) is 5.37. The second-order valence-corrected chi connectivity index (χ2v) is 5.13. The van der Waals surface area contributed by atoms with Crippen molar-refractivity contribution in [2.24, 2.45) is 0 Å². The van der Waals surface area contributed by atoms with Crippen LogP contribution in [0.3, 0.4) is 0 Å². The molecule has 92 valence electrons. The van der Waals surface area contributed by atoms with Crippen LogP contribution in [0.4, 0.5) is 11.5 Å². The van der Waals surface area contributed by atoms with E-state index < -0.39 is 0 Å². The van der Waals surface area contributed by atoms with Gasteiger partial charge in [0.05, 0.1) is 17.7 Å². The molecule has 1 aromatic carbocycles. The molecule has 0 bridgehead atoms. The summed E-state index contributed by atoms with van der Waals surface area (Å²) in [4.78, 5) is 8.01. The van der Waals surface area contributed by atoms with Crippen molar-refractivity contribution in [1.29, 1.82) is 0 Å². The van der Waals surface area contributed by atoms with Crippen LogP contribution in [0.25, 0.3) is 0 Å². The SMILES string of the molecule is Clc1ncc(Br)c(Nc2ccc3c(c2)COC3)n1. The van der Waals surface area contributed by atoms with Crippen molar-refractivity contribution in [3.63, 3.8) is 0 Å². The molecule has 18 heavy (non-hydrogen) atoms. The van der Waals surface area contributed by atoms with E-state index in [0.717, 1.165) is 10.2 Å². The lowest BCUT2D eigenvalue weighted by atomic mass is 10.1. The molecule has 2 aromatic rings. The quantitative estimate of drug-likeness (QED) is 0.856. The van der Waals surface area contributed by atoms with Gasteiger partial charge >= 0.3 is 0 Å². The highest BCUT2D eigenvalue weighted by molar-refractivity contribution is 9.10. The summed E-state index contributed by atoms with van der Waals surface area (Å²) in [6, 6.07) is 6.11. The van der Waals surface area contributed by atoms with Gasteiger partial charge in [-0.05, 0) is 50.8 Å². The first-order chi connectivity index (χ1) is 8.72. The molecule has 6 heteroatoms. The molecule has 0 aliphatic carbocycles. The zero-order valence-electron chi connectivity index (χ0n) is 9.28. The van der Waals surface area contributed by atoms with Crippen molar-refractivity contribution < 1.29 is 4.74 Å². The van der Waals surface area contributed by atoms with E-state index in [0.29, 0.717) is 19.0 Å². The highest BCUT2D eigenvalue weighted by Gasteiger charge is 2.12. The molecule has 0 unspecified atom stereocenters. The van der Waals surface area contributed by atoms with Gasteiger partial charge in [0.15, 0.2) is 0 Å². The molecule has 0 fully saturated rings. The molecule has 0 amide bonds. The highest BCUT2D eigenvalue weighted by atomic mass is 79.9. The summed E-state index contributed by atoms with van der Waals surface area (Å²) in [6.07, 6.45) is 1.62. The molecule has 1 aliphatic rings. The summed E-state index contributed by atoms with van der Waals surface area (Å²) in [5.41, 5.74) is 3.39. The van der Waals surface area contributed by atoms with Crippen molar-refractivity contribution in [3.8, 4) is 0 Å². The number of nitrogens with zero attached hydrogens (tertiary/aromatic N) is 2. The van der Waals surface area contributed by atoms with Gasteiger partial charge in [-0.2, -0.15) is 4.98 Å². The fourth-order valence-corrected chi connectivity index (χ4v) is 2.24. The van der Waals surface area contributed by atoms with Gasteiger partial charge in [0.1, 0.15) is 5.82 Å². The molecule has 1 N–H and O–H groups in total. The molecule has 0 saturated heterocycles. The zero-order valence-corrected chi connectivity index (χ0v) is 11.6. The Morgan fingerprint density at radius 1 is 1.28 bits per heavy atom. The molecule has 4 nitrogen and oxygen atoms in total. The third-order valence-electron chi connectivity index (χ3n) is 2.70. The topological polar surface area (TPSA) is 47.0 Å². The van der Waals surface area contributed by atoms with Crippen LogP contribution in [-0.4, -0.2) is 9.97 Å². The van der Waals surface area contributed by atoms with Gasteiger partial charge in [-0.1, -0.05) is 6.07 Å². The normalized spacial score (nSPS) is 13.4. The molecule has 2 heterocycles. The van der Waals surface area contributed by atoms with Crippen molar-refractivity contribution >= 4 is 39.0 Å². The van der Waals surface area contributed by atoms with Crippen molar-refractivity contribution in [3.05, 3.63) is 45.3 Å². The maximum atomic E-state index is 5.77. The fourth-order valence-electron chi connectivity index (χ4n) is 1.82. The third-order valence-corrected chi connectivity index (χ3v) is 3.46. The third kappa shape index (κ3) is 2.34. The lowest BCUT2D eigenvalue weighted by Gasteiger charge is -2.08. The van der Waals surface area contributed by atoms with Crippen LogP contribution >= 0.6 is 27.5 Å². The van der Waals surface area contributed by atoms with E-state index in [1.165, 1.54) is 11.1 Å². The Kier molecular flexibility index (Phi) is 3.20. The van der Waals surface area contributed by atoms with E-state index in [9.17, 15) is 0 Å². The van der Waals surface area contributed by atoms with E-state index in [4.69, 9.17) is 16.3 Å². The molecule has 3 rings (SSSR count). The van der Waals surface area contributed by atoms with Crippen molar-refractivity contribution in [1.82, 2.24) is 9.97 Å². The minimum Gasteiger partial charge on any atom is -0.372 e. The molecule has 1 aliphatic heterocycles. The summed E-state index contributed by atoms with van der Waals surface area (Å²) in [5, 5.41) is 3.42. The largest absolute Gasteiger partial charge is 0.372 e. The van der Waals surface area contributed by atoms with Crippen LogP contribution in [0.15, 0.2) is 28.9 Å². The minimum atomic E-state index is 0.213. The average Bonchev–Trinajstić information content (AvgIpc) is 2.81. The standard InChI is InChI=1S/C12H9BrClN3O/c13-10-4-15-12(14)17-11(10)16-9-2-1-7-5-18-6-8(7)3-9/h1-4H,5-6H2,(H,15,16,17). The fraction of sp³-hybridized carbons (Fsp3) is 0.167. The van der Waals surface area contributed by atoms with Crippen LogP contribution in [0.1, 0.15) is 11.1 Å². The van der Waals surface area contributed by atoms with Crippen LogP contribution in [0, 0.1) is 0 Å². The number of nitrogens with one attached hydrogen (secondary N) is 1. The predicted octanol–water partition coefficient (Wildman–Crippen LogP) is 3.67. The molecule has 0 radical (unpaired) electrons. The summed E-state index contributed by atoms with van der Waals surface area (Å²) >= 11 is 9.15. The molecule has 0 saturated carbocycles. The Morgan fingerprint density at radius 2 is 2.11 bits per heavy atom.